The number of likely N-dealkylation sites (tertiary alicyclic amines) is 2. The van der Waals surface area contributed by atoms with Gasteiger partial charge in [0.05, 0.1) is 35.4 Å². The fourth-order valence-electron chi connectivity index (χ4n) is 9.71. The lowest BCUT2D eigenvalue weighted by molar-refractivity contribution is -0.120. The van der Waals surface area contributed by atoms with Crippen molar-refractivity contribution in [3.05, 3.63) is 89.7 Å². The monoisotopic (exact) mass is 858 g/mol. The Labute approximate surface area is 366 Å². The Balaban J connectivity index is 0.788. The van der Waals surface area contributed by atoms with E-state index < -0.39 is 11.7 Å². The van der Waals surface area contributed by atoms with Crippen LogP contribution >= 0.6 is 0 Å². The van der Waals surface area contributed by atoms with Crippen LogP contribution < -0.4 is 20.9 Å². The van der Waals surface area contributed by atoms with Gasteiger partial charge in [-0.2, -0.15) is 0 Å². The molecule has 4 aliphatic heterocycles. The average molecular weight is 859 g/mol. The van der Waals surface area contributed by atoms with E-state index in [0.717, 1.165) is 54.5 Å². The number of nitrogen functional groups attached to an aromatic ring is 1. The van der Waals surface area contributed by atoms with Crippen LogP contribution in [0.4, 0.5) is 26.4 Å². The standard InChI is InChI=1S/C47H55FN10O5/c1-4-31-26-58(44-37(31)23-35(25-50-44)56-20-15-42(60)51-46(56)62)34-13-18-54(19-14-34)28-47(48)16-21-55(22-17-47)45(61)33-11-9-32(10-12-33)41-27-57(29(2)30(3)63-41)39-24-38(52-53-43(39)49)36-7-5-6-8-40(36)59/h5-12,23-26,29-30,34,41,59H,4,13-22,27-28H2,1-3H3,(H2,49,53)(H,51,60,62)/t29-,30+,41+/m0/s1. The van der Waals surface area contributed by atoms with E-state index in [9.17, 15) is 19.5 Å². The van der Waals surface area contributed by atoms with Crippen LogP contribution in [0.2, 0.25) is 0 Å². The highest BCUT2D eigenvalue weighted by molar-refractivity contribution is 6.06. The predicted molar refractivity (Wildman–Crippen MR) is 238 cm³/mol. The van der Waals surface area contributed by atoms with E-state index in [2.05, 4.69) is 49.9 Å². The molecule has 9 rings (SSSR count). The van der Waals surface area contributed by atoms with Gasteiger partial charge in [0.15, 0.2) is 5.82 Å². The molecule has 0 spiro atoms. The number of aromatic nitrogens is 4. The number of phenolic OH excluding ortho intramolecular Hbond substituents is 1. The highest BCUT2D eigenvalue weighted by Crippen LogP contribution is 2.38. The van der Waals surface area contributed by atoms with Gasteiger partial charge in [-0.1, -0.05) is 31.2 Å². The SMILES string of the molecule is CCc1cn(C2CCN(CC3(F)CCN(C(=O)c4ccc([C@H]5CN(c6cc(-c7ccccc7O)nnc6N)[C@@H](C)[C@@H](C)O5)cc4)CC3)CC2)c2ncc(N3CCC(=O)NC3=O)cc12. The summed E-state index contributed by atoms with van der Waals surface area (Å²) >= 11 is 0. The number of phenols is 1. The van der Waals surface area contributed by atoms with Crippen LogP contribution in [0.15, 0.2) is 73.1 Å². The third-order valence-electron chi connectivity index (χ3n) is 13.6. The Morgan fingerprint density at radius 2 is 1.75 bits per heavy atom. The Hall–Kier alpha value is -6.13. The minimum atomic E-state index is -1.37. The third-order valence-corrected chi connectivity index (χ3v) is 13.6. The van der Waals surface area contributed by atoms with Gasteiger partial charge in [0.25, 0.3) is 5.91 Å². The smallest absolute Gasteiger partial charge is 0.328 e. The van der Waals surface area contributed by atoms with Crippen LogP contribution in [-0.4, -0.2) is 116 Å². The molecule has 0 unspecified atom stereocenters. The predicted octanol–water partition coefficient (Wildman–Crippen LogP) is 6.43. The van der Waals surface area contributed by atoms with Crippen molar-refractivity contribution in [2.75, 3.05) is 61.3 Å². The number of nitrogens with one attached hydrogen (secondary N) is 1. The van der Waals surface area contributed by atoms with Crippen molar-refractivity contribution in [2.24, 2.45) is 0 Å². The lowest BCUT2D eigenvalue weighted by atomic mass is 9.91. The number of amides is 4. The number of urea groups is 1. The molecule has 4 fully saturated rings. The second kappa shape index (κ2) is 17.2. The van der Waals surface area contributed by atoms with E-state index in [1.807, 2.05) is 49.4 Å². The normalized spacial score (nSPS) is 22.4. The number of benzene rings is 2. The van der Waals surface area contributed by atoms with Crippen molar-refractivity contribution in [2.45, 2.75) is 89.3 Å². The number of carbonyl (C=O) groups is 3. The van der Waals surface area contributed by atoms with Gasteiger partial charge in [-0.15, -0.1) is 10.2 Å². The number of aromatic hydroxyl groups is 1. The van der Waals surface area contributed by atoms with E-state index in [-0.39, 0.29) is 66.9 Å². The van der Waals surface area contributed by atoms with Crippen molar-refractivity contribution < 1.29 is 28.6 Å². The number of nitrogens with zero attached hydrogens (tertiary/aromatic N) is 8. The first-order valence-corrected chi connectivity index (χ1v) is 22.1. The number of para-hydroxylation sites is 1. The summed E-state index contributed by atoms with van der Waals surface area (Å²) in [6.45, 7) is 9.59. The molecule has 5 aromatic rings. The van der Waals surface area contributed by atoms with Gasteiger partial charge in [0.2, 0.25) is 5.91 Å². The summed E-state index contributed by atoms with van der Waals surface area (Å²) in [4.78, 5) is 50.4. The molecule has 0 radical (unpaired) electrons. The zero-order chi connectivity index (χ0) is 44.0. The first kappa shape index (κ1) is 42.2. The molecule has 15 nitrogen and oxygen atoms in total. The maximum absolute atomic E-state index is 16.4. The summed E-state index contributed by atoms with van der Waals surface area (Å²) in [5, 5.41) is 22.3. The number of ether oxygens (including phenoxy) is 1. The van der Waals surface area contributed by atoms with Crippen LogP contribution in [-0.2, 0) is 16.0 Å². The molecule has 16 heteroatoms. The van der Waals surface area contributed by atoms with Crippen LogP contribution in [0, 0.1) is 0 Å². The number of hydrogen-bond acceptors (Lipinski definition) is 11. The number of halogens is 1. The topological polar surface area (TPSA) is 175 Å². The number of anilines is 3. The van der Waals surface area contributed by atoms with E-state index in [1.54, 1.807) is 34.2 Å². The number of nitrogens with two attached hydrogens (primary N) is 1. The van der Waals surface area contributed by atoms with Crippen molar-refractivity contribution in [1.82, 2.24) is 34.9 Å². The second-order valence-electron chi connectivity index (χ2n) is 17.5. The number of aryl methyl sites for hydroxylation is 1. The lowest BCUT2D eigenvalue weighted by Crippen LogP contribution is -2.51. The largest absolute Gasteiger partial charge is 0.507 e. The highest BCUT2D eigenvalue weighted by Gasteiger charge is 2.39. The fourth-order valence-corrected chi connectivity index (χ4v) is 9.71. The highest BCUT2D eigenvalue weighted by atomic mass is 19.1. The van der Waals surface area contributed by atoms with Crippen LogP contribution in [0.1, 0.15) is 86.5 Å². The summed E-state index contributed by atoms with van der Waals surface area (Å²) in [6.07, 6.45) is 6.78. The minimum absolute atomic E-state index is 0.0272. The van der Waals surface area contributed by atoms with E-state index in [4.69, 9.17) is 15.5 Å². The molecule has 63 heavy (non-hydrogen) atoms. The Morgan fingerprint density at radius 3 is 2.46 bits per heavy atom. The molecule has 4 amide bonds. The number of hydrogen-bond donors (Lipinski definition) is 3. The molecule has 2 aromatic carbocycles. The molecule has 330 valence electrons. The van der Waals surface area contributed by atoms with Crippen molar-refractivity contribution >= 4 is 46.1 Å². The van der Waals surface area contributed by atoms with Crippen LogP contribution in [0.3, 0.4) is 0 Å². The fraction of sp³-hybridized carbons (Fsp3) is 0.447. The quantitative estimate of drug-likeness (QED) is 0.149. The zero-order valence-corrected chi connectivity index (χ0v) is 36.0. The molecule has 3 atom stereocenters. The van der Waals surface area contributed by atoms with Gasteiger partial charge >= 0.3 is 6.03 Å². The van der Waals surface area contributed by atoms with E-state index >= 15 is 4.39 Å². The second-order valence-corrected chi connectivity index (χ2v) is 17.5. The molecular formula is C47H55FN10O5. The van der Waals surface area contributed by atoms with E-state index in [0.29, 0.717) is 60.9 Å². The summed E-state index contributed by atoms with van der Waals surface area (Å²) in [5.41, 5.74) is 11.0. The van der Waals surface area contributed by atoms with Gasteiger partial charge < -0.3 is 34.8 Å². The van der Waals surface area contributed by atoms with E-state index in [1.165, 1.54) is 0 Å². The van der Waals surface area contributed by atoms with Gasteiger partial charge in [-0.05, 0) is 80.6 Å². The molecule has 0 saturated carbocycles. The number of rotatable bonds is 9. The van der Waals surface area contributed by atoms with Gasteiger partial charge in [0.1, 0.15) is 23.2 Å². The first-order chi connectivity index (χ1) is 30.4. The summed E-state index contributed by atoms with van der Waals surface area (Å²) in [7, 11) is 0. The first-order valence-electron chi connectivity index (χ1n) is 22.1. The Kier molecular flexibility index (Phi) is 11.5. The molecule has 4 saturated heterocycles. The molecule has 4 aliphatic rings. The number of imide groups is 1. The number of piperidine rings is 2. The molecule has 0 aliphatic carbocycles. The molecule has 3 aromatic heterocycles. The molecule has 4 N–H and O–H groups in total. The summed E-state index contributed by atoms with van der Waals surface area (Å²) < 4.78 is 25.2. The number of alkyl halides is 1. The molecular weight excluding hydrogens is 804 g/mol. The zero-order valence-electron chi connectivity index (χ0n) is 36.0. The molecule has 7 heterocycles. The number of carbonyl (C=O) groups excluding carboxylic acids is 3. The van der Waals surface area contributed by atoms with Gasteiger partial charge in [0, 0.05) is 93.8 Å². The van der Waals surface area contributed by atoms with Crippen LogP contribution in [0.5, 0.6) is 5.75 Å². The van der Waals surface area contributed by atoms with Crippen LogP contribution in [0.25, 0.3) is 22.3 Å². The summed E-state index contributed by atoms with van der Waals surface area (Å²) in [6, 6.07) is 18.1. The van der Waals surface area contributed by atoms with Crippen molar-refractivity contribution in [3.8, 4) is 17.0 Å². The van der Waals surface area contributed by atoms with Gasteiger partial charge in [-0.3, -0.25) is 19.8 Å². The average Bonchev–Trinajstić information content (AvgIpc) is 3.66. The number of morpholine rings is 1. The number of pyridine rings is 1. The molecule has 0 bridgehead atoms. The third kappa shape index (κ3) is 8.41. The number of fused-ring (bicyclic) bond motifs is 1. The minimum Gasteiger partial charge on any atom is -0.507 e. The maximum Gasteiger partial charge on any atom is 0.328 e. The van der Waals surface area contributed by atoms with Crippen molar-refractivity contribution in [3.63, 3.8) is 0 Å². The summed E-state index contributed by atoms with van der Waals surface area (Å²) in [5.74, 6) is 0.0180. The van der Waals surface area contributed by atoms with Gasteiger partial charge in [-0.25, -0.2) is 14.2 Å². The lowest BCUT2D eigenvalue weighted by Gasteiger charge is -2.44. The maximum atomic E-state index is 16.4. The van der Waals surface area contributed by atoms with Crippen molar-refractivity contribution in [1.29, 1.82) is 0 Å². The Bertz CT molecular complexity index is 2520. The Morgan fingerprint density at radius 1 is 1.00 bits per heavy atom.